The molecule has 82 valence electrons. The van der Waals surface area contributed by atoms with Gasteiger partial charge in [-0.15, -0.1) is 0 Å². The lowest BCUT2D eigenvalue weighted by atomic mass is 10.3. The molecule has 0 aliphatic rings. The number of sulfone groups is 1. The van der Waals surface area contributed by atoms with Crippen LogP contribution in [0.3, 0.4) is 0 Å². The fraction of sp³-hybridized carbons (Fsp3) is 0.364. The Morgan fingerprint density at radius 3 is 2.47 bits per heavy atom. The predicted octanol–water partition coefficient (Wildman–Crippen LogP) is 2.59. The third kappa shape index (κ3) is 3.16. The van der Waals surface area contributed by atoms with Gasteiger partial charge in [-0.05, 0) is 25.5 Å². The summed E-state index contributed by atoms with van der Waals surface area (Å²) in [7, 11) is -3.19. The first-order valence-corrected chi connectivity index (χ1v) is 6.67. The first-order valence-electron chi connectivity index (χ1n) is 4.78. The fourth-order valence-corrected chi connectivity index (χ4v) is 1.97. The molecule has 0 bridgehead atoms. The molecule has 0 amide bonds. The summed E-state index contributed by atoms with van der Waals surface area (Å²) < 4.78 is 22.9. The molecule has 1 aromatic rings. The van der Waals surface area contributed by atoms with Crippen molar-refractivity contribution in [2.45, 2.75) is 25.2 Å². The van der Waals surface area contributed by atoms with E-state index in [0.29, 0.717) is 5.69 Å². The van der Waals surface area contributed by atoms with Crippen LogP contribution in [0.2, 0.25) is 0 Å². The minimum Gasteiger partial charge on any atom is -0.257 e. The number of para-hydroxylation sites is 1. The Balaban J connectivity index is 3.31. The third-order valence-corrected chi connectivity index (χ3v) is 3.23. The standard InChI is InChI=1S/C11H15NO2S/c1-4-9(2)12-10-7-5-6-8-11(10)15(3,13)14/h5-8H,4H2,1-3H3. The van der Waals surface area contributed by atoms with Gasteiger partial charge in [-0.1, -0.05) is 19.1 Å². The van der Waals surface area contributed by atoms with Crippen LogP contribution in [0.4, 0.5) is 5.69 Å². The lowest BCUT2D eigenvalue weighted by Gasteiger charge is -2.03. The van der Waals surface area contributed by atoms with Crippen LogP contribution >= 0.6 is 0 Å². The monoisotopic (exact) mass is 225 g/mol. The van der Waals surface area contributed by atoms with E-state index < -0.39 is 9.84 Å². The molecule has 3 nitrogen and oxygen atoms in total. The van der Waals surface area contributed by atoms with Gasteiger partial charge in [0, 0.05) is 12.0 Å². The van der Waals surface area contributed by atoms with Gasteiger partial charge in [0.15, 0.2) is 9.84 Å². The predicted molar refractivity (Wildman–Crippen MR) is 62.6 cm³/mol. The summed E-state index contributed by atoms with van der Waals surface area (Å²) >= 11 is 0. The van der Waals surface area contributed by atoms with Crippen molar-refractivity contribution in [2.75, 3.05) is 6.26 Å². The van der Waals surface area contributed by atoms with Crippen molar-refractivity contribution < 1.29 is 8.42 Å². The first kappa shape index (κ1) is 11.9. The van der Waals surface area contributed by atoms with Gasteiger partial charge in [-0.2, -0.15) is 0 Å². The Hall–Kier alpha value is -1.16. The highest BCUT2D eigenvalue weighted by molar-refractivity contribution is 7.90. The maximum Gasteiger partial charge on any atom is 0.177 e. The van der Waals surface area contributed by atoms with Gasteiger partial charge in [-0.25, -0.2) is 8.42 Å². The molecule has 0 aliphatic carbocycles. The highest BCUT2D eigenvalue weighted by Crippen LogP contribution is 2.23. The van der Waals surface area contributed by atoms with E-state index in [9.17, 15) is 8.42 Å². The smallest absolute Gasteiger partial charge is 0.177 e. The normalized spacial score (nSPS) is 12.9. The maximum atomic E-state index is 11.5. The summed E-state index contributed by atoms with van der Waals surface area (Å²) in [6.45, 7) is 3.88. The molecule has 0 atom stereocenters. The highest BCUT2D eigenvalue weighted by Gasteiger charge is 2.11. The summed E-state index contributed by atoms with van der Waals surface area (Å²) in [5, 5.41) is 0. The van der Waals surface area contributed by atoms with Gasteiger partial charge in [0.05, 0.1) is 10.6 Å². The SMILES string of the molecule is CCC(C)=Nc1ccccc1S(C)(=O)=O. The van der Waals surface area contributed by atoms with Crippen molar-refractivity contribution in [3.63, 3.8) is 0 Å². The Kier molecular flexibility index (Phi) is 3.63. The summed E-state index contributed by atoms with van der Waals surface area (Å²) in [4.78, 5) is 4.57. The number of hydrogen-bond acceptors (Lipinski definition) is 3. The van der Waals surface area contributed by atoms with E-state index in [4.69, 9.17) is 0 Å². The molecule has 0 radical (unpaired) electrons. The molecule has 0 heterocycles. The fourth-order valence-electron chi connectivity index (χ4n) is 1.15. The minimum absolute atomic E-state index is 0.290. The van der Waals surface area contributed by atoms with Crippen molar-refractivity contribution in [3.05, 3.63) is 24.3 Å². The second-order valence-electron chi connectivity index (χ2n) is 3.44. The van der Waals surface area contributed by atoms with E-state index in [-0.39, 0.29) is 4.90 Å². The molecule has 0 saturated heterocycles. The summed E-state index contributed by atoms with van der Waals surface area (Å²) in [5.74, 6) is 0. The van der Waals surface area contributed by atoms with Crippen molar-refractivity contribution >= 4 is 21.2 Å². The Labute approximate surface area is 90.8 Å². The van der Waals surface area contributed by atoms with Crippen LogP contribution in [0.15, 0.2) is 34.2 Å². The molecule has 0 saturated carbocycles. The number of rotatable bonds is 3. The molecule has 1 rings (SSSR count). The molecule has 4 heteroatoms. The quantitative estimate of drug-likeness (QED) is 0.742. The molecule has 0 unspecified atom stereocenters. The second-order valence-corrected chi connectivity index (χ2v) is 5.42. The van der Waals surface area contributed by atoms with Crippen molar-refractivity contribution in [1.82, 2.24) is 0 Å². The van der Waals surface area contributed by atoms with Gasteiger partial charge in [-0.3, -0.25) is 4.99 Å². The Morgan fingerprint density at radius 1 is 1.33 bits per heavy atom. The van der Waals surface area contributed by atoms with Crippen molar-refractivity contribution in [2.24, 2.45) is 4.99 Å². The molecule has 0 aliphatic heterocycles. The molecular formula is C11H15NO2S. The van der Waals surface area contributed by atoms with Crippen LogP contribution in [-0.4, -0.2) is 20.4 Å². The zero-order chi connectivity index (χ0) is 11.5. The molecule has 0 aromatic heterocycles. The number of benzene rings is 1. The van der Waals surface area contributed by atoms with Gasteiger partial charge in [0.2, 0.25) is 0 Å². The average Bonchev–Trinajstić information content (AvgIpc) is 2.17. The van der Waals surface area contributed by atoms with E-state index in [1.807, 2.05) is 13.8 Å². The van der Waals surface area contributed by atoms with Crippen LogP contribution in [0, 0.1) is 0 Å². The van der Waals surface area contributed by atoms with E-state index in [0.717, 1.165) is 12.1 Å². The van der Waals surface area contributed by atoms with Crippen molar-refractivity contribution in [1.29, 1.82) is 0 Å². The van der Waals surface area contributed by atoms with Gasteiger partial charge >= 0.3 is 0 Å². The van der Waals surface area contributed by atoms with Crippen LogP contribution in [0.1, 0.15) is 20.3 Å². The maximum absolute atomic E-state index is 11.5. The first-order chi connectivity index (χ1) is 6.95. The zero-order valence-electron chi connectivity index (χ0n) is 9.19. The van der Waals surface area contributed by atoms with Crippen LogP contribution < -0.4 is 0 Å². The van der Waals surface area contributed by atoms with Crippen LogP contribution in [-0.2, 0) is 9.84 Å². The van der Waals surface area contributed by atoms with Gasteiger partial charge in [0.1, 0.15) is 0 Å². The van der Waals surface area contributed by atoms with Crippen molar-refractivity contribution in [3.8, 4) is 0 Å². The molecule has 0 N–H and O–H groups in total. The lowest BCUT2D eigenvalue weighted by molar-refractivity contribution is 0.602. The Bertz CT molecular complexity index is 475. The third-order valence-electron chi connectivity index (χ3n) is 2.09. The van der Waals surface area contributed by atoms with E-state index in [2.05, 4.69) is 4.99 Å². The lowest BCUT2D eigenvalue weighted by Crippen LogP contribution is -1.98. The minimum atomic E-state index is -3.19. The summed E-state index contributed by atoms with van der Waals surface area (Å²) in [6.07, 6.45) is 2.01. The topological polar surface area (TPSA) is 46.5 Å². The number of aliphatic imine (C=N–C) groups is 1. The zero-order valence-corrected chi connectivity index (χ0v) is 10.0. The van der Waals surface area contributed by atoms with E-state index in [1.54, 1.807) is 24.3 Å². The molecule has 1 aromatic carbocycles. The largest absolute Gasteiger partial charge is 0.257 e. The molecule has 0 spiro atoms. The second kappa shape index (κ2) is 4.57. The molecular weight excluding hydrogens is 210 g/mol. The van der Waals surface area contributed by atoms with Crippen LogP contribution in [0.5, 0.6) is 0 Å². The molecule has 15 heavy (non-hydrogen) atoms. The van der Waals surface area contributed by atoms with E-state index >= 15 is 0 Å². The van der Waals surface area contributed by atoms with Gasteiger partial charge in [0.25, 0.3) is 0 Å². The average molecular weight is 225 g/mol. The summed E-state index contributed by atoms with van der Waals surface area (Å²) in [5.41, 5.74) is 1.45. The Morgan fingerprint density at radius 2 is 1.93 bits per heavy atom. The highest BCUT2D eigenvalue weighted by atomic mass is 32.2. The number of hydrogen-bond donors (Lipinski definition) is 0. The molecule has 0 fully saturated rings. The number of nitrogens with zero attached hydrogens (tertiary/aromatic N) is 1. The van der Waals surface area contributed by atoms with Crippen LogP contribution in [0.25, 0.3) is 0 Å². The van der Waals surface area contributed by atoms with E-state index in [1.165, 1.54) is 6.26 Å². The van der Waals surface area contributed by atoms with Gasteiger partial charge < -0.3 is 0 Å². The summed E-state index contributed by atoms with van der Waals surface area (Å²) in [6, 6.07) is 6.79.